The minimum atomic E-state index is -0.247. The van der Waals surface area contributed by atoms with Crippen LogP contribution in [0.25, 0.3) is 0 Å². The van der Waals surface area contributed by atoms with E-state index < -0.39 is 0 Å². The van der Waals surface area contributed by atoms with E-state index in [1.54, 1.807) is 29.5 Å². The monoisotopic (exact) mass is 318 g/mol. The molecule has 0 atom stereocenters. The van der Waals surface area contributed by atoms with Crippen LogP contribution in [-0.2, 0) is 6.42 Å². The second-order valence-electron chi connectivity index (χ2n) is 4.34. The quantitative estimate of drug-likeness (QED) is 0.775. The second-order valence-corrected chi connectivity index (χ2v) is 5.81. The van der Waals surface area contributed by atoms with E-state index in [1.165, 1.54) is 0 Å². The Hall–Kier alpha value is -2.18. The Balaban J connectivity index is 1.79. The largest absolute Gasteiger partial charge is 0.324 e. The fourth-order valence-electron chi connectivity index (χ4n) is 1.81. The molecule has 3 rings (SSSR count). The van der Waals surface area contributed by atoms with Crippen LogP contribution in [0.3, 0.4) is 0 Å². The van der Waals surface area contributed by atoms with E-state index in [-0.39, 0.29) is 11.5 Å². The summed E-state index contributed by atoms with van der Waals surface area (Å²) in [6, 6.07) is 11.0. The van der Waals surface area contributed by atoms with E-state index in [9.17, 15) is 4.79 Å². The van der Waals surface area contributed by atoms with E-state index in [4.69, 9.17) is 11.6 Å². The summed E-state index contributed by atoms with van der Waals surface area (Å²) in [6.45, 7) is 0. The van der Waals surface area contributed by atoms with Gasteiger partial charge in [0, 0.05) is 22.0 Å². The first-order valence-corrected chi connectivity index (χ1v) is 7.47. The maximum absolute atomic E-state index is 12.0. The van der Waals surface area contributed by atoms with Gasteiger partial charge in [0.1, 0.15) is 5.69 Å². The third-order valence-electron chi connectivity index (χ3n) is 2.77. The number of H-pyrrole nitrogens is 1. The molecule has 0 spiro atoms. The van der Waals surface area contributed by atoms with Crippen LogP contribution >= 0.6 is 22.9 Å². The van der Waals surface area contributed by atoms with Gasteiger partial charge in [-0.1, -0.05) is 23.7 Å². The molecule has 0 aliphatic rings. The molecule has 7 heteroatoms. The van der Waals surface area contributed by atoms with Crippen molar-refractivity contribution in [1.29, 1.82) is 0 Å². The molecule has 2 aromatic heterocycles. The average molecular weight is 319 g/mol. The zero-order chi connectivity index (χ0) is 14.7. The molecular weight excluding hydrogens is 308 g/mol. The number of anilines is 2. The van der Waals surface area contributed by atoms with Gasteiger partial charge in [-0.2, -0.15) is 0 Å². The predicted octanol–water partition coefficient (Wildman–Crippen LogP) is 3.21. The van der Waals surface area contributed by atoms with Gasteiger partial charge in [-0.3, -0.25) is 9.78 Å². The van der Waals surface area contributed by atoms with Gasteiger partial charge < -0.3 is 5.32 Å². The maximum Gasteiger partial charge on any atom is 0.274 e. The molecule has 5 nitrogen and oxygen atoms in total. The van der Waals surface area contributed by atoms with Crippen LogP contribution in [0.1, 0.15) is 10.6 Å². The van der Waals surface area contributed by atoms with Gasteiger partial charge in [0.15, 0.2) is 0 Å². The van der Waals surface area contributed by atoms with Crippen LogP contribution < -0.4 is 10.9 Å². The molecule has 1 aromatic carbocycles. The fraction of sp³-hybridized carbons (Fsp3) is 0.0714. The van der Waals surface area contributed by atoms with Crippen LogP contribution in [0.4, 0.5) is 11.6 Å². The number of halogens is 1. The summed E-state index contributed by atoms with van der Waals surface area (Å²) in [5, 5.41) is 13.5. The van der Waals surface area contributed by atoms with Gasteiger partial charge >= 0.3 is 0 Å². The van der Waals surface area contributed by atoms with Crippen molar-refractivity contribution in [3.05, 3.63) is 67.7 Å². The van der Waals surface area contributed by atoms with E-state index in [0.29, 0.717) is 17.1 Å². The van der Waals surface area contributed by atoms with E-state index in [0.717, 1.165) is 10.6 Å². The Morgan fingerprint density at radius 3 is 2.86 bits per heavy atom. The lowest BCUT2D eigenvalue weighted by atomic mass is 10.3. The molecule has 2 heterocycles. The van der Waals surface area contributed by atoms with Gasteiger partial charge in [0.05, 0.1) is 0 Å². The summed E-state index contributed by atoms with van der Waals surface area (Å²) in [4.78, 5) is 15.8. The summed E-state index contributed by atoms with van der Waals surface area (Å²) in [6.07, 6.45) is 0.484. The molecule has 106 valence electrons. The van der Waals surface area contributed by atoms with Crippen LogP contribution in [0.2, 0.25) is 5.02 Å². The molecule has 0 aliphatic heterocycles. The Labute approximate surface area is 129 Å². The number of hydrogen-bond donors (Lipinski definition) is 2. The van der Waals surface area contributed by atoms with Crippen molar-refractivity contribution in [2.75, 3.05) is 5.32 Å². The van der Waals surface area contributed by atoms with Crippen LogP contribution in [0, 0.1) is 0 Å². The van der Waals surface area contributed by atoms with Crippen LogP contribution in [0.15, 0.2) is 46.6 Å². The Kier molecular flexibility index (Phi) is 3.98. The van der Waals surface area contributed by atoms with E-state index >= 15 is 0 Å². The van der Waals surface area contributed by atoms with Crippen molar-refractivity contribution >= 4 is 34.6 Å². The standard InChI is InChI=1S/C14H11ClN4OS/c15-9-3-1-4-10(7-9)16-14-17-13(20)12(18-19-14)8-11-5-2-6-21-11/h1-7H,8H2,(H2,16,17,19,20). The number of rotatable bonds is 4. The minimum Gasteiger partial charge on any atom is -0.324 e. The molecule has 0 radical (unpaired) electrons. The number of nitrogens with one attached hydrogen (secondary N) is 2. The Morgan fingerprint density at radius 2 is 2.14 bits per heavy atom. The number of hydrogen-bond acceptors (Lipinski definition) is 5. The maximum atomic E-state index is 12.0. The van der Waals surface area contributed by atoms with Crippen molar-refractivity contribution in [1.82, 2.24) is 15.2 Å². The molecule has 0 saturated carbocycles. The molecule has 3 aromatic rings. The molecular formula is C14H11ClN4OS. The van der Waals surface area contributed by atoms with Crippen molar-refractivity contribution in [2.45, 2.75) is 6.42 Å². The SMILES string of the molecule is O=c1[nH]c(Nc2cccc(Cl)c2)nnc1Cc1cccs1. The summed E-state index contributed by atoms with van der Waals surface area (Å²) in [5.74, 6) is 0.289. The zero-order valence-corrected chi connectivity index (χ0v) is 12.4. The van der Waals surface area contributed by atoms with Gasteiger partial charge in [0.25, 0.3) is 5.56 Å². The molecule has 0 amide bonds. The van der Waals surface area contributed by atoms with Gasteiger partial charge in [-0.15, -0.1) is 21.5 Å². The highest BCUT2D eigenvalue weighted by Gasteiger charge is 2.07. The van der Waals surface area contributed by atoms with Gasteiger partial charge in [0.2, 0.25) is 5.95 Å². The number of aromatic amines is 1. The van der Waals surface area contributed by atoms with Crippen molar-refractivity contribution in [2.24, 2.45) is 0 Å². The average Bonchev–Trinajstić information content (AvgIpc) is 2.95. The topological polar surface area (TPSA) is 70.7 Å². The lowest BCUT2D eigenvalue weighted by Gasteiger charge is -2.05. The molecule has 0 fully saturated rings. The predicted molar refractivity (Wildman–Crippen MR) is 84.5 cm³/mol. The van der Waals surface area contributed by atoms with Gasteiger partial charge in [-0.25, -0.2) is 0 Å². The molecule has 0 aliphatic carbocycles. The highest BCUT2D eigenvalue weighted by Crippen LogP contribution is 2.17. The number of nitrogens with zero attached hydrogens (tertiary/aromatic N) is 2. The summed E-state index contributed by atoms with van der Waals surface area (Å²) < 4.78 is 0. The van der Waals surface area contributed by atoms with Gasteiger partial charge in [-0.05, 0) is 29.6 Å². The summed E-state index contributed by atoms with van der Waals surface area (Å²) >= 11 is 7.48. The van der Waals surface area contributed by atoms with E-state index in [1.807, 2.05) is 23.6 Å². The first kappa shape index (κ1) is 13.8. The first-order chi connectivity index (χ1) is 10.2. The summed E-state index contributed by atoms with van der Waals surface area (Å²) in [5.41, 5.74) is 0.885. The summed E-state index contributed by atoms with van der Waals surface area (Å²) in [7, 11) is 0. The second kappa shape index (κ2) is 6.07. The highest BCUT2D eigenvalue weighted by atomic mass is 35.5. The third kappa shape index (κ3) is 3.48. The molecule has 2 N–H and O–H groups in total. The Morgan fingerprint density at radius 1 is 1.24 bits per heavy atom. The van der Waals surface area contributed by atoms with E-state index in [2.05, 4.69) is 20.5 Å². The minimum absolute atomic E-state index is 0.247. The molecule has 0 bridgehead atoms. The van der Waals surface area contributed by atoms with Crippen molar-refractivity contribution in [3.63, 3.8) is 0 Å². The number of thiophene rings is 1. The number of aromatic nitrogens is 3. The van der Waals surface area contributed by atoms with Crippen LogP contribution in [-0.4, -0.2) is 15.2 Å². The highest BCUT2D eigenvalue weighted by molar-refractivity contribution is 7.09. The number of benzene rings is 1. The molecule has 0 saturated heterocycles. The van der Waals surface area contributed by atoms with Crippen molar-refractivity contribution < 1.29 is 0 Å². The van der Waals surface area contributed by atoms with Crippen LogP contribution in [0.5, 0.6) is 0 Å². The molecule has 21 heavy (non-hydrogen) atoms. The lowest BCUT2D eigenvalue weighted by molar-refractivity contribution is 0.879. The normalized spacial score (nSPS) is 10.5. The zero-order valence-electron chi connectivity index (χ0n) is 10.8. The van der Waals surface area contributed by atoms with Crippen molar-refractivity contribution in [3.8, 4) is 0 Å². The lowest BCUT2D eigenvalue weighted by Crippen LogP contribution is -2.18. The third-order valence-corrected chi connectivity index (χ3v) is 3.89. The smallest absolute Gasteiger partial charge is 0.274 e. The molecule has 0 unspecified atom stereocenters. The first-order valence-electron chi connectivity index (χ1n) is 6.21. The Bertz CT molecular complexity index is 801. The fourth-order valence-corrected chi connectivity index (χ4v) is 2.71.